The summed E-state index contributed by atoms with van der Waals surface area (Å²) < 4.78 is 27.6. The largest absolute Gasteiger partial charge is 0.389 e. The first-order valence-corrected chi connectivity index (χ1v) is 9.88. The summed E-state index contributed by atoms with van der Waals surface area (Å²) in [5, 5.41) is 10.3. The Kier molecular flexibility index (Phi) is 3.56. The zero-order valence-electron chi connectivity index (χ0n) is 13.7. The molecule has 3 rings (SSSR count). The predicted molar refractivity (Wildman–Crippen MR) is 83.7 cm³/mol. The van der Waals surface area contributed by atoms with E-state index in [4.69, 9.17) is 0 Å². The van der Waals surface area contributed by atoms with Crippen LogP contribution in [0.3, 0.4) is 0 Å². The van der Waals surface area contributed by atoms with Crippen LogP contribution in [-0.4, -0.2) is 37.2 Å². The summed E-state index contributed by atoms with van der Waals surface area (Å²) in [4.78, 5) is 12.4. The standard InChI is InChI=1S/C16H27NO4S/c1-14(2)12-6-7-16(14,13(18)8-12)10-22(20,21)17-9-15(3,19)11-4-5-11/h11-12,17,19H,4-10H2,1-3H3/t12-,15+,16-/m0/s1. The van der Waals surface area contributed by atoms with Crippen LogP contribution in [0.1, 0.15) is 52.9 Å². The van der Waals surface area contributed by atoms with E-state index in [1.54, 1.807) is 6.92 Å². The van der Waals surface area contributed by atoms with E-state index in [1.807, 2.05) is 13.8 Å². The van der Waals surface area contributed by atoms with Gasteiger partial charge in [0.25, 0.3) is 0 Å². The maximum absolute atomic E-state index is 12.5. The fraction of sp³-hybridized carbons (Fsp3) is 0.938. The highest BCUT2D eigenvalue weighted by molar-refractivity contribution is 7.89. The van der Waals surface area contributed by atoms with Gasteiger partial charge in [-0.1, -0.05) is 13.8 Å². The highest BCUT2D eigenvalue weighted by atomic mass is 32.2. The van der Waals surface area contributed by atoms with Gasteiger partial charge in [-0.25, -0.2) is 13.1 Å². The Morgan fingerprint density at radius 3 is 2.41 bits per heavy atom. The lowest BCUT2D eigenvalue weighted by Gasteiger charge is -2.36. The van der Waals surface area contributed by atoms with E-state index in [2.05, 4.69) is 4.72 Å². The van der Waals surface area contributed by atoms with Crippen LogP contribution in [0.2, 0.25) is 0 Å². The monoisotopic (exact) mass is 329 g/mol. The molecule has 3 aliphatic carbocycles. The summed E-state index contributed by atoms with van der Waals surface area (Å²) in [6.45, 7) is 5.78. The van der Waals surface area contributed by atoms with E-state index < -0.39 is 21.0 Å². The smallest absolute Gasteiger partial charge is 0.212 e. The molecule has 0 radical (unpaired) electrons. The molecule has 3 atom stereocenters. The van der Waals surface area contributed by atoms with Gasteiger partial charge in [-0.3, -0.25) is 4.79 Å². The maximum Gasteiger partial charge on any atom is 0.212 e. The third kappa shape index (κ3) is 2.43. The molecule has 3 saturated carbocycles. The Balaban J connectivity index is 1.72. The number of rotatable bonds is 6. The molecule has 3 fully saturated rings. The molecule has 0 aromatic carbocycles. The topological polar surface area (TPSA) is 83.5 Å². The van der Waals surface area contributed by atoms with E-state index >= 15 is 0 Å². The number of carbonyl (C=O) groups excluding carboxylic acids is 1. The molecule has 5 nitrogen and oxygen atoms in total. The van der Waals surface area contributed by atoms with Crippen molar-refractivity contribution in [2.75, 3.05) is 12.3 Å². The molecule has 0 heterocycles. The summed E-state index contributed by atoms with van der Waals surface area (Å²) in [7, 11) is -3.58. The average Bonchev–Trinajstić information content (AvgIpc) is 3.18. The zero-order valence-corrected chi connectivity index (χ0v) is 14.5. The van der Waals surface area contributed by atoms with Gasteiger partial charge >= 0.3 is 0 Å². The summed E-state index contributed by atoms with van der Waals surface area (Å²) >= 11 is 0. The first kappa shape index (κ1) is 16.4. The third-order valence-electron chi connectivity index (χ3n) is 6.68. The lowest BCUT2D eigenvalue weighted by molar-refractivity contribution is -0.128. The lowest BCUT2D eigenvalue weighted by atomic mass is 9.70. The molecule has 126 valence electrons. The summed E-state index contributed by atoms with van der Waals surface area (Å²) in [5.74, 6) is 0.468. The van der Waals surface area contributed by atoms with Crippen LogP contribution in [0.4, 0.5) is 0 Å². The van der Waals surface area contributed by atoms with Gasteiger partial charge in [-0.2, -0.15) is 0 Å². The Morgan fingerprint density at radius 2 is 1.95 bits per heavy atom. The van der Waals surface area contributed by atoms with Crippen LogP contribution in [0, 0.1) is 22.7 Å². The van der Waals surface area contributed by atoms with Gasteiger partial charge in [0.2, 0.25) is 10.0 Å². The number of carbonyl (C=O) groups is 1. The van der Waals surface area contributed by atoms with Crippen LogP contribution >= 0.6 is 0 Å². The van der Waals surface area contributed by atoms with Gasteiger partial charge in [0.1, 0.15) is 5.78 Å². The van der Waals surface area contributed by atoms with Gasteiger partial charge in [0, 0.05) is 18.4 Å². The van der Waals surface area contributed by atoms with E-state index in [-0.39, 0.29) is 29.4 Å². The molecule has 0 amide bonds. The predicted octanol–water partition coefficient (Wildman–Crippen LogP) is 1.46. The van der Waals surface area contributed by atoms with Crippen LogP contribution in [0.25, 0.3) is 0 Å². The van der Waals surface area contributed by atoms with Crippen molar-refractivity contribution in [2.24, 2.45) is 22.7 Å². The highest BCUT2D eigenvalue weighted by Crippen LogP contribution is 2.64. The number of nitrogens with one attached hydrogen (secondary N) is 1. The quantitative estimate of drug-likeness (QED) is 0.773. The Morgan fingerprint density at radius 1 is 1.32 bits per heavy atom. The number of hydrogen-bond donors (Lipinski definition) is 2. The summed E-state index contributed by atoms with van der Waals surface area (Å²) in [6, 6.07) is 0. The molecule has 0 spiro atoms. The molecule has 0 aliphatic heterocycles. The van der Waals surface area contributed by atoms with Gasteiger partial charge < -0.3 is 5.11 Å². The van der Waals surface area contributed by atoms with E-state index in [0.717, 1.165) is 19.3 Å². The van der Waals surface area contributed by atoms with Crippen LogP contribution in [0.5, 0.6) is 0 Å². The van der Waals surface area contributed by atoms with E-state index in [1.165, 1.54) is 0 Å². The minimum Gasteiger partial charge on any atom is -0.389 e. The van der Waals surface area contributed by atoms with Crippen molar-refractivity contribution >= 4 is 15.8 Å². The van der Waals surface area contributed by atoms with Crippen molar-refractivity contribution in [1.29, 1.82) is 0 Å². The number of sulfonamides is 1. The van der Waals surface area contributed by atoms with Gasteiger partial charge in [-0.15, -0.1) is 0 Å². The van der Waals surface area contributed by atoms with Crippen molar-refractivity contribution in [3.63, 3.8) is 0 Å². The molecule has 0 unspecified atom stereocenters. The number of hydrogen-bond acceptors (Lipinski definition) is 4. The van der Waals surface area contributed by atoms with Gasteiger partial charge in [-0.05, 0) is 49.9 Å². The normalized spacial score (nSPS) is 36.5. The SMILES string of the molecule is CC1(C)[C@H]2CC[C@]1(CS(=O)(=O)NC[C@@](C)(O)C1CC1)C(=O)C2. The Bertz CT molecular complexity index is 591. The second kappa shape index (κ2) is 4.77. The van der Waals surface area contributed by atoms with Crippen LogP contribution in [0.15, 0.2) is 0 Å². The molecule has 0 saturated heterocycles. The van der Waals surface area contributed by atoms with Crippen molar-refractivity contribution in [1.82, 2.24) is 4.72 Å². The van der Waals surface area contributed by atoms with E-state index in [9.17, 15) is 18.3 Å². The van der Waals surface area contributed by atoms with Crippen LogP contribution < -0.4 is 4.72 Å². The highest BCUT2D eigenvalue weighted by Gasteiger charge is 2.65. The van der Waals surface area contributed by atoms with Gasteiger partial charge in [0.05, 0.1) is 11.4 Å². The molecule has 2 bridgehead atoms. The fourth-order valence-corrected chi connectivity index (χ4v) is 6.53. The van der Waals surface area contributed by atoms with E-state index in [0.29, 0.717) is 18.8 Å². The molecule has 22 heavy (non-hydrogen) atoms. The molecule has 6 heteroatoms. The van der Waals surface area contributed by atoms with Crippen LogP contribution in [-0.2, 0) is 14.8 Å². The second-order valence-corrected chi connectivity index (χ2v) is 10.2. The molecular weight excluding hydrogens is 302 g/mol. The Hall–Kier alpha value is -0.460. The summed E-state index contributed by atoms with van der Waals surface area (Å²) in [6.07, 6.45) is 4.03. The zero-order chi connectivity index (χ0) is 16.4. The number of ketones is 1. The summed E-state index contributed by atoms with van der Waals surface area (Å²) in [5.41, 5.74) is -1.98. The number of Topliss-reactive ketones (excluding diaryl/α,β-unsaturated/α-hetero) is 1. The fourth-order valence-electron chi connectivity index (χ4n) is 4.59. The maximum atomic E-state index is 12.5. The lowest BCUT2D eigenvalue weighted by Crippen LogP contribution is -2.48. The first-order chi connectivity index (χ1) is 10.0. The number of fused-ring (bicyclic) bond motifs is 2. The minimum absolute atomic E-state index is 0.0358. The Labute approximate surface area is 132 Å². The van der Waals surface area contributed by atoms with Crippen molar-refractivity contribution in [3.05, 3.63) is 0 Å². The molecule has 0 aromatic heterocycles. The molecule has 3 aliphatic rings. The third-order valence-corrected chi connectivity index (χ3v) is 8.14. The average molecular weight is 329 g/mol. The minimum atomic E-state index is -3.58. The molecule has 0 aromatic rings. The van der Waals surface area contributed by atoms with Crippen molar-refractivity contribution in [3.8, 4) is 0 Å². The van der Waals surface area contributed by atoms with Crippen molar-refractivity contribution < 1.29 is 18.3 Å². The second-order valence-electron chi connectivity index (χ2n) is 8.38. The molecular formula is C16H27NO4S. The molecule has 2 N–H and O–H groups in total. The van der Waals surface area contributed by atoms with Gasteiger partial charge in [0.15, 0.2) is 0 Å². The number of aliphatic hydroxyl groups is 1. The first-order valence-electron chi connectivity index (χ1n) is 8.23. The van der Waals surface area contributed by atoms with Crippen molar-refractivity contribution in [2.45, 2.75) is 58.5 Å².